The number of amides is 1. The van der Waals surface area contributed by atoms with Crippen LogP contribution in [-0.2, 0) is 13.1 Å². The molecule has 5 nitrogen and oxygen atoms in total. The van der Waals surface area contributed by atoms with E-state index in [9.17, 15) is 9.59 Å². The SMILES string of the molecule is Cc1cc(C)c2cc(CN(Cc3ccccc3Cl)C(=O)c3ccco3)c(=O)[nH]c2c1. The first-order valence-corrected chi connectivity index (χ1v) is 9.99. The van der Waals surface area contributed by atoms with Crippen molar-refractivity contribution in [3.8, 4) is 0 Å². The highest BCUT2D eigenvalue weighted by Crippen LogP contribution is 2.22. The van der Waals surface area contributed by atoms with Gasteiger partial charge in [-0.2, -0.15) is 0 Å². The number of fused-ring (bicyclic) bond motifs is 1. The summed E-state index contributed by atoms with van der Waals surface area (Å²) in [5, 5.41) is 1.52. The number of rotatable bonds is 5. The van der Waals surface area contributed by atoms with E-state index in [0.29, 0.717) is 10.6 Å². The summed E-state index contributed by atoms with van der Waals surface area (Å²) in [5.41, 5.74) is 4.01. The van der Waals surface area contributed by atoms with Crippen molar-refractivity contribution in [1.82, 2.24) is 9.88 Å². The molecule has 0 saturated heterocycles. The van der Waals surface area contributed by atoms with E-state index < -0.39 is 0 Å². The summed E-state index contributed by atoms with van der Waals surface area (Å²) >= 11 is 6.32. The summed E-state index contributed by atoms with van der Waals surface area (Å²) in [7, 11) is 0. The lowest BCUT2D eigenvalue weighted by Gasteiger charge is -2.22. The minimum atomic E-state index is -0.306. The Kier molecular flexibility index (Phi) is 5.46. The lowest BCUT2D eigenvalue weighted by Crippen LogP contribution is -2.32. The van der Waals surface area contributed by atoms with Crippen molar-refractivity contribution in [3.05, 3.63) is 104 Å². The van der Waals surface area contributed by atoms with Crippen LogP contribution in [-0.4, -0.2) is 15.8 Å². The van der Waals surface area contributed by atoms with Crippen molar-refractivity contribution in [2.24, 2.45) is 0 Å². The Balaban J connectivity index is 1.74. The van der Waals surface area contributed by atoms with Crippen LogP contribution in [0, 0.1) is 13.8 Å². The predicted octanol–water partition coefficient (Wildman–Crippen LogP) is 5.23. The van der Waals surface area contributed by atoms with Gasteiger partial charge in [0.15, 0.2) is 5.76 Å². The first-order chi connectivity index (χ1) is 14.4. The quantitative estimate of drug-likeness (QED) is 0.480. The van der Waals surface area contributed by atoms with Crippen LogP contribution in [0.2, 0.25) is 5.02 Å². The third kappa shape index (κ3) is 4.02. The Labute approximate surface area is 178 Å². The number of nitrogens with zero attached hydrogens (tertiary/aromatic N) is 1. The molecule has 0 bridgehead atoms. The molecule has 4 rings (SSSR count). The first-order valence-electron chi connectivity index (χ1n) is 9.61. The zero-order chi connectivity index (χ0) is 21.3. The molecule has 1 N–H and O–H groups in total. The monoisotopic (exact) mass is 420 g/mol. The Morgan fingerprint density at radius 3 is 2.53 bits per heavy atom. The van der Waals surface area contributed by atoms with Crippen LogP contribution < -0.4 is 5.56 Å². The van der Waals surface area contributed by atoms with E-state index in [1.165, 1.54) is 6.26 Å². The molecule has 0 atom stereocenters. The van der Waals surface area contributed by atoms with Crippen LogP contribution in [0.4, 0.5) is 0 Å². The summed E-state index contributed by atoms with van der Waals surface area (Å²) in [6.07, 6.45) is 1.45. The number of aryl methyl sites for hydroxylation is 2. The molecular formula is C24H21ClN2O3. The third-order valence-electron chi connectivity index (χ3n) is 5.09. The molecule has 0 saturated carbocycles. The van der Waals surface area contributed by atoms with E-state index >= 15 is 0 Å². The Bertz CT molecular complexity index is 1280. The second-order valence-electron chi connectivity index (χ2n) is 7.40. The van der Waals surface area contributed by atoms with Crippen LogP contribution >= 0.6 is 11.6 Å². The number of benzene rings is 2. The smallest absolute Gasteiger partial charge is 0.290 e. The van der Waals surface area contributed by atoms with Crippen LogP contribution in [0.5, 0.6) is 0 Å². The summed E-state index contributed by atoms with van der Waals surface area (Å²) in [6, 6.07) is 16.5. The fraction of sp³-hybridized carbons (Fsp3) is 0.167. The average molecular weight is 421 g/mol. The normalized spacial score (nSPS) is 11.0. The Morgan fingerprint density at radius 2 is 1.80 bits per heavy atom. The topological polar surface area (TPSA) is 66.3 Å². The second-order valence-corrected chi connectivity index (χ2v) is 7.80. The maximum Gasteiger partial charge on any atom is 0.290 e. The number of aromatic amines is 1. The second kappa shape index (κ2) is 8.20. The third-order valence-corrected chi connectivity index (χ3v) is 5.46. The number of pyridine rings is 1. The van der Waals surface area contributed by atoms with E-state index in [0.717, 1.165) is 27.6 Å². The molecule has 0 aliphatic heterocycles. The lowest BCUT2D eigenvalue weighted by molar-refractivity contribution is 0.0697. The van der Waals surface area contributed by atoms with Gasteiger partial charge in [-0.25, -0.2) is 0 Å². The molecule has 30 heavy (non-hydrogen) atoms. The number of furan rings is 1. The number of hydrogen-bond acceptors (Lipinski definition) is 3. The van der Waals surface area contributed by atoms with Crippen molar-refractivity contribution in [1.29, 1.82) is 0 Å². The standard InChI is InChI=1S/C24H21ClN2O3/c1-15-10-16(2)19-12-18(23(28)26-21(19)11-15)14-27(24(29)22-8-5-9-30-22)13-17-6-3-4-7-20(17)25/h3-12H,13-14H2,1-2H3,(H,26,28). The number of halogens is 1. The van der Waals surface area contributed by atoms with Crippen LogP contribution in [0.25, 0.3) is 10.9 Å². The maximum atomic E-state index is 13.1. The molecule has 0 aliphatic carbocycles. The summed E-state index contributed by atoms with van der Waals surface area (Å²) in [5.74, 6) is -0.0916. The molecule has 2 heterocycles. The van der Waals surface area contributed by atoms with Gasteiger partial charge in [-0.15, -0.1) is 0 Å². The van der Waals surface area contributed by atoms with Crippen molar-refractivity contribution < 1.29 is 9.21 Å². The number of carbonyl (C=O) groups is 1. The molecule has 1 amide bonds. The number of hydrogen-bond donors (Lipinski definition) is 1. The Morgan fingerprint density at radius 1 is 1.03 bits per heavy atom. The van der Waals surface area contributed by atoms with Gasteiger partial charge in [0, 0.05) is 28.0 Å². The zero-order valence-electron chi connectivity index (χ0n) is 16.7. The van der Waals surface area contributed by atoms with Gasteiger partial charge in [0.25, 0.3) is 11.5 Å². The van der Waals surface area contributed by atoms with E-state index in [-0.39, 0.29) is 30.3 Å². The van der Waals surface area contributed by atoms with Crippen LogP contribution in [0.1, 0.15) is 32.8 Å². The molecule has 0 radical (unpaired) electrons. The molecule has 0 spiro atoms. The van der Waals surface area contributed by atoms with E-state index in [1.54, 1.807) is 23.1 Å². The zero-order valence-corrected chi connectivity index (χ0v) is 17.5. The molecular weight excluding hydrogens is 400 g/mol. The molecule has 2 aromatic heterocycles. The molecule has 2 aromatic carbocycles. The highest BCUT2D eigenvalue weighted by molar-refractivity contribution is 6.31. The molecule has 0 unspecified atom stereocenters. The van der Waals surface area contributed by atoms with Gasteiger partial charge in [0.2, 0.25) is 0 Å². The number of carbonyl (C=O) groups excluding carboxylic acids is 1. The minimum absolute atomic E-state index is 0.128. The van der Waals surface area contributed by atoms with E-state index in [1.807, 2.05) is 44.2 Å². The summed E-state index contributed by atoms with van der Waals surface area (Å²) in [4.78, 5) is 30.4. The lowest BCUT2D eigenvalue weighted by atomic mass is 10.0. The van der Waals surface area contributed by atoms with Gasteiger partial charge in [0.1, 0.15) is 0 Å². The molecule has 0 fully saturated rings. The van der Waals surface area contributed by atoms with Crippen LogP contribution in [0.3, 0.4) is 0 Å². The summed E-state index contributed by atoms with van der Waals surface area (Å²) in [6.45, 7) is 4.38. The van der Waals surface area contributed by atoms with E-state index in [2.05, 4.69) is 11.1 Å². The molecule has 152 valence electrons. The van der Waals surface area contributed by atoms with Crippen LogP contribution in [0.15, 0.2) is 70.1 Å². The Hall–Kier alpha value is -3.31. The number of nitrogens with one attached hydrogen (secondary N) is 1. The first kappa shape index (κ1) is 20.0. The molecule has 4 aromatic rings. The largest absolute Gasteiger partial charge is 0.459 e. The molecule has 6 heteroatoms. The number of aromatic nitrogens is 1. The van der Waals surface area contributed by atoms with Gasteiger partial charge < -0.3 is 14.3 Å². The summed E-state index contributed by atoms with van der Waals surface area (Å²) < 4.78 is 5.30. The van der Waals surface area contributed by atoms with Crippen molar-refractivity contribution >= 4 is 28.4 Å². The highest BCUT2D eigenvalue weighted by atomic mass is 35.5. The van der Waals surface area contributed by atoms with Crippen molar-refractivity contribution in [2.75, 3.05) is 0 Å². The van der Waals surface area contributed by atoms with E-state index in [4.69, 9.17) is 16.0 Å². The predicted molar refractivity (Wildman–Crippen MR) is 118 cm³/mol. The molecule has 0 aliphatic rings. The van der Waals surface area contributed by atoms with Gasteiger partial charge in [-0.1, -0.05) is 35.9 Å². The fourth-order valence-corrected chi connectivity index (χ4v) is 3.82. The van der Waals surface area contributed by atoms with Gasteiger partial charge >= 0.3 is 0 Å². The highest BCUT2D eigenvalue weighted by Gasteiger charge is 2.21. The van der Waals surface area contributed by atoms with Gasteiger partial charge in [0.05, 0.1) is 12.8 Å². The van der Waals surface area contributed by atoms with Crippen molar-refractivity contribution in [2.45, 2.75) is 26.9 Å². The van der Waals surface area contributed by atoms with Crippen molar-refractivity contribution in [3.63, 3.8) is 0 Å². The average Bonchev–Trinajstić information content (AvgIpc) is 3.24. The fourth-order valence-electron chi connectivity index (χ4n) is 3.63. The number of H-pyrrole nitrogens is 1. The minimum Gasteiger partial charge on any atom is -0.459 e. The van der Waals surface area contributed by atoms with Gasteiger partial charge in [-0.3, -0.25) is 9.59 Å². The maximum absolute atomic E-state index is 13.1. The van der Waals surface area contributed by atoms with Gasteiger partial charge in [-0.05, 0) is 60.9 Å².